The van der Waals surface area contributed by atoms with Gasteiger partial charge in [-0.1, -0.05) is 32.4 Å². The summed E-state index contributed by atoms with van der Waals surface area (Å²) in [5, 5.41) is 3.72. The number of nitrogens with zero attached hydrogens (tertiary/aromatic N) is 1. The van der Waals surface area contributed by atoms with Gasteiger partial charge in [0.15, 0.2) is 0 Å². The van der Waals surface area contributed by atoms with E-state index in [1.165, 1.54) is 12.8 Å². The first kappa shape index (κ1) is 16.3. The molecule has 1 aliphatic rings. The lowest BCUT2D eigenvalue weighted by Gasteiger charge is -2.21. The van der Waals surface area contributed by atoms with Crippen molar-refractivity contribution in [2.24, 2.45) is 0 Å². The highest BCUT2D eigenvalue weighted by Gasteiger charge is 2.19. The summed E-state index contributed by atoms with van der Waals surface area (Å²) in [5.41, 5.74) is 1.63. The van der Waals surface area contributed by atoms with E-state index in [4.69, 9.17) is 11.6 Å². The fourth-order valence-electron chi connectivity index (χ4n) is 2.68. The van der Waals surface area contributed by atoms with E-state index in [0.717, 1.165) is 30.2 Å². The number of carbonyl (C=O) groups is 1. The molecule has 4 heteroatoms. The fraction of sp³-hybridized carbons (Fsp3) is 0.588. The van der Waals surface area contributed by atoms with Gasteiger partial charge >= 0.3 is 0 Å². The third-order valence-electron chi connectivity index (χ3n) is 3.95. The van der Waals surface area contributed by atoms with Gasteiger partial charge < -0.3 is 10.2 Å². The summed E-state index contributed by atoms with van der Waals surface area (Å²) in [5.74, 6) is -0.0173. The van der Waals surface area contributed by atoms with Crippen LogP contribution in [0, 0.1) is 0 Å². The van der Waals surface area contributed by atoms with E-state index in [1.54, 1.807) is 6.07 Å². The van der Waals surface area contributed by atoms with Crippen molar-refractivity contribution in [1.82, 2.24) is 10.2 Å². The number of amides is 1. The molecule has 1 N–H and O–H groups in total. The van der Waals surface area contributed by atoms with Gasteiger partial charge in [0.2, 0.25) is 0 Å². The van der Waals surface area contributed by atoms with Gasteiger partial charge in [-0.3, -0.25) is 4.79 Å². The van der Waals surface area contributed by atoms with Crippen molar-refractivity contribution >= 4 is 17.5 Å². The summed E-state index contributed by atoms with van der Waals surface area (Å²) in [7, 11) is 0. The monoisotopic (exact) mass is 308 g/mol. The molecule has 0 spiro atoms. The average molecular weight is 309 g/mol. The Morgan fingerprint density at radius 3 is 2.57 bits per heavy atom. The zero-order valence-electron chi connectivity index (χ0n) is 13.2. The molecule has 1 heterocycles. The molecule has 0 unspecified atom stereocenters. The number of nitrogens with one attached hydrogen (secondary N) is 1. The van der Waals surface area contributed by atoms with Crippen LogP contribution in [0.5, 0.6) is 0 Å². The molecule has 1 fully saturated rings. The SMILES string of the molecule is CC(C)(C)c1cc(C(=O)NCCN2CCCC2)ccc1Cl. The van der Waals surface area contributed by atoms with Crippen molar-refractivity contribution < 1.29 is 4.79 Å². The Labute approximate surface area is 132 Å². The van der Waals surface area contributed by atoms with E-state index in [2.05, 4.69) is 31.0 Å². The Balaban J connectivity index is 1.95. The second kappa shape index (κ2) is 6.80. The molecule has 0 aromatic heterocycles. The van der Waals surface area contributed by atoms with Gasteiger partial charge in [0.05, 0.1) is 0 Å². The smallest absolute Gasteiger partial charge is 0.251 e. The number of hydrogen-bond acceptors (Lipinski definition) is 2. The Kier molecular flexibility index (Phi) is 5.28. The molecule has 116 valence electrons. The zero-order chi connectivity index (χ0) is 15.5. The highest BCUT2D eigenvalue weighted by Crippen LogP contribution is 2.30. The van der Waals surface area contributed by atoms with Gasteiger partial charge in [-0.15, -0.1) is 0 Å². The molecular weight excluding hydrogens is 284 g/mol. The molecule has 0 bridgehead atoms. The normalized spacial score (nSPS) is 16.2. The Bertz CT molecular complexity index is 502. The minimum Gasteiger partial charge on any atom is -0.351 e. The lowest BCUT2D eigenvalue weighted by molar-refractivity contribution is 0.0949. The minimum atomic E-state index is -0.0665. The zero-order valence-corrected chi connectivity index (χ0v) is 14.0. The standard InChI is InChI=1S/C17H25ClN2O/c1-17(2,3)14-12-13(6-7-15(14)18)16(21)19-8-11-20-9-4-5-10-20/h6-7,12H,4-5,8-11H2,1-3H3,(H,19,21). The third-order valence-corrected chi connectivity index (χ3v) is 4.28. The van der Waals surface area contributed by atoms with Gasteiger partial charge in [0.25, 0.3) is 5.91 Å². The Hall–Kier alpha value is -1.06. The van der Waals surface area contributed by atoms with Gasteiger partial charge in [0, 0.05) is 23.7 Å². The van der Waals surface area contributed by atoms with Crippen molar-refractivity contribution in [3.63, 3.8) is 0 Å². The van der Waals surface area contributed by atoms with Gasteiger partial charge in [-0.25, -0.2) is 0 Å². The van der Waals surface area contributed by atoms with Crippen molar-refractivity contribution in [2.45, 2.75) is 39.0 Å². The molecule has 1 aromatic carbocycles. The largest absolute Gasteiger partial charge is 0.351 e. The maximum atomic E-state index is 12.2. The van der Waals surface area contributed by atoms with Crippen LogP contribution in [0.15, 0.2) is 18.2 Å². The van der Waals surface area contributed by atoms with Gasteiger partial charge in [-0.05, 0) is 55.1 Å². The number of halogens is 1. The van der Waals surface area contributed by atoms with Crippen LogP contribution < -0.4 is 5.32 Å². The molecule has 1 saturated heterocycles. The highest BCUT2D eigenvalue weighted by molar-refractivity contribution is 6.31. The van der Waals surface area contributed by atoms with Crippen molar-refractivity contribution in [3.05, 3.63) is 34.3 Å². The minimum absolute atomic E-state index is 0.0173. The Morgan fingerprint density at radius 2 is 1.95 bits per heavy atom. The lowest BCUT2D eigenvalue weighted by Crippen LogP contribution is -2.33. The molecule has 1 aliphatic heterocycles. The average Bonchev–Trinajstić information content (AvgIpc) is 2.91. The van der Waals surface area contributed by atoms with Crippen LogP contribution >= 0.6 is 11.6 Å². The van der Waals surface area contributed by atoms with Crippen LogP contribution in [-0.4, -0.2) is 37.0 Å². The molecule has 21 heavy (non-hydrogen) atoms. The van der Waals surface area contributed by atoms with E-state index in [9.17, 15) is 4.79 Å². The molecular formula is C17H25ClN2O. The number of benzene rings is 1. The summed E-state index contributed by atoms with van der Waals surface area (Å²) >= 11 is 6.24. The predicted octanol–water partition coefficient (Wildman–Crippen LogP) is 3.46. The molecule has 2 rings (SSSR count). The van der Waals surface area contributed by atoms with E-state index < -0.39 is 0 Å². The first-order valence-corrected chi connectivity index (χ1v) is 8.06. The summed E-state index contributed by atoms with van der Waals surface area (Å²) in [6, 6.07) is 5.52. The number of rotatable bonds is 4. The highest BCUT2D eigenvalue weighted by atomic mass is 35.5. The van der Waals surface area contributed by atoms with Crippen LogP contribution in [0.4, 0.5) is 0 Å². The fourth-order valence-corrected chi connectivity index (χ4v) is 3.08. The van der Waals surface area contributed by atoms with Crippen LogP contribution in [0.2, 0.25) is 5.02 Å². The molecule has 1 aromatic rings. The molecule has 0 saturated carbocycles. The van der Waals surface area contributed by atoms with E-state index in [-0.39, 0.29) is 11.3 Å². The first-order valence-electron chi connectivity index (χ1n) is 7.68. The van der Waals surface area contributed by atoms with Gasteiger partial charge in [0.1, 0.15) is 0 Å². The molecule has 0 aliphatic carbocycles. The second-order valence-corrected chi connectivity index (χ2v) is 7.16. The summed E-state index contributed by atoms with van der Waals surface area (Å²) in [6.45, 7) is 10.3. The molecule has 1 amide bonds. The van der Waals surface area contributed by atoms with Crippen LogP contribution in [-0.2, 0) is 5.41 Å². The summed E-state index contributed by atoms with van der Waals surface area (Å²) in [4.78, 5) is 14.6. The lowest BCUT2D eigenvalue weighted by atomic mass is 9.86. The van der Waals surface area contributed by atoms with Crippen molar-refractivity contribution in [2.75, 3.05) is 26.2 Å². The van der Waals surface area contributed by atoms with E-state index in [0.29, 0.717) is 12.1 Å². The second-order valence-electron chi connectivity index (χ2n) is 6.75. The van der Waals surface area contributed by atoms with Crippen molar-refractivity contribution in [1.29, 1.82) is 0 Å². The Morgan fingerprint density at radius 1 is 1.29 bits per heavy atom. The molecule has 3 nitrogen and oxygen atoms in total. The first-order chi connectivity index (χ1) is 9.88. The topological polar surface area (TPSA) is 32.3 Å². The maximum Gasteiger partial charge on any atom is 0.251 e. The predicted molar refractivity (Wildman–Crippen MR) is 88.2 cm³/mol. The quantitative estimate of drug-likeness (QED) is 0.924. The van der Waals surface area contributed by atoms with Crippen LogP contribution in [0.3, 0.4) is 0 Å². The number of hydrogen-bond donors (Lipinski definition) is 1. The van der Waals surface area contributed by atoms with E-state index >= 15 is 0 Å². The third kappa shape index (κ3) is 4.45. The summed E-state index contributed by atoms with van der Waals surface area (Å²) < 4.78 is 0. The van der Waals surface area contributed by atoms with Crippen LogP contribution in [0.25, 0.3) is 0 Å². The molecule has 0 atom stereocenters. The number of carbonyl (C=O) groups excluding carboxylic acids is 1. The van der Waals surface area contributed by atoms with E-state index in [1.807, 2.05) is 12.1 Å². The summed E-state index contributed by atoms with van der Waals surface area (Å²) in [6.07, 6.45) is 2.56. The number of likely N-dealkylation sites (tertiary alicyclic amines) is 1. The maximum absolute atomic E-state index is 12.2. The van der Waals surface area contributed by atoms with Crippen molar-refractivity contribution in [3.8, 4) is 0 Å². The van der Waals surface area contributed by atoms with Gasteiger partial charge in [-0.2, -0.15) is 0 Å². The molecule has 0 radical (unpaired) electrons. The van der Waals surface area contributed by atoms with Crippen LogP contribution in [0.1, 0.15) is 49.5 Å².